The van der Waals surface area contributed by atoms with Crippen molar-refractivity contribution in [1.29, 1.82) is 0 Å². The van der Waals surface area contributed by atoms with Gasteiger partial charge in [-0.25, -0.2) is 4.98 Å². The quantitative estimate of drug-likeness (QED) is 0.692. The zero-order valence-electron chi connectivity index (χ0n) is 11.3. The molecule has 0 fully saturated rings. The minimum atomic E-state index is 0.344. The van der Waals surface area contributed by atoms with Crippen LogP contribution in [0.3, 0.4) is 0 Å². The van der Waals surface area contributed by atoms with Crippen molar-refractivity contribution in [3.05, 3.63) is 58.2 Å². The van der Waals surface area contributed by atoms with Crippen LogP contribution >= 0.6 is 15.9 Å². The second kappa shape index (κ2) is 5.29. The van der Waals surface area contributed by atoms with Gasteiger partial charge < -0.3 is 9.15 Å². The van der Waals surface area contributed by atoms with Crippen molar-refractivity contribution >= 4 is 26.7 Å². The molecule has 0 saturated carbocycles. The molecule has 2 aromatic carbocycles. The van der Waals surface area contributed by atoms with E-state index in [4.69, 9.17) is 9.15 Å². The molecular formula is C16H14BrNO2. The molecule has 0 aliphatic rings. The van der Waals surface area contributed by atoms with E-state index in [0.717, 1.165) is 27.1 Å². The van der Waals surface area contributed by atoms with E-state index in [0.29, 0.717) is 12.5 Å². The van der Waals surface area contributed by atoms with E-state index in [9.17, 15) is 0 Å². The Morgan fingerprint density at radius 1 is 1.10 bits per heavy atom. The van der Waals surface area contributed by atoms with Gasteiger partial charge >= 0.3 is 0 Å². The first-order chi connectivity index (χ1) is 9.61. The molecule has 0 N–H and O–H groups in total. The Labute approximate surface area is 125 Å². The van der Waals surface area contributed by atoms with Crippen molar-refractivity contribution < 1.29 is 9.15 Å². The van der Waals surface area contributed by atoms with Crippen molar-refractivity contribution in [1.82, 2.24) is 4.98 Å². The first-order valence-electron chi connectivity index (χ1n) is 6.37. The molecule has 0 bridgehead atoms. The minimum absolute atomic E-state index is 0.344. The van der Waals surface area contributed by atoms with Crippen LogP contribution in [0.2, 0.25) is 0 Å². The molecular weight excluding hydrogens is 318 g/mol. The molecule has 3 aromatic rings. The molecule has 0 amide bonds. The molecule has 0 spiro atoms. The summed E-state index contributed by atoms with van der Waals surface area (Å²) in [6.07, 6.45) is 0. The lowest BCUT2D eigenvalue weighted by Gasteiger charge is -2.05. The monoisotopic (exact) mass is 331 g/mol. The maximum absolute atomic E-state index is 5.73. The number of oxazole rings is 1. The standard InChI is InChI=1S/C16H14BrNO2/c1-10-11(2)20-16(18-10)9-19-15-6-4-12-7-14(17)5-3-13(12)8-15/h3-8H,9H2,1-2H3. The fraction of sp³-hybridized carbons (Fsp3) is 0.188. The smallest absolute Gasteiger partial charge is 0.232 e. The SMILES string of the molecule is Cc1nc(COc2ccc3cc(Br)ccc3c2)oc1C. The average molecular weight is 332 g/mol. The number of benzene rings is 2. The summed E-state index contributed by atoms with van der Waals surface area (Å²) in [7, 11) is 0. The highest BCUT2D eigenvalue weighted by molar-refractivity contribution is 9.10. The summed E-state index contributed by atoms with van der Waals surface area (Å²) in [5.74, 6) is 2.26. The Morgan fingerprint density at radius 2 is 1.85 bits per heavy atom. The van der Waals surface area contributed by atoms with Crippen LogP contribution in [0.4, 0.5) is 0 Å². The fourth-order valence-corrected chi connectivity index (χ4v) is 2.41. The van der Waals surface area contributed by atoms with Crippen molar-refractivity contribution in [3.8, 4) is 5.75 Å². The molecule has 3 rings (SSSR count). The third kappa shape index (κ3) is 2.70. The maximum Gasteiger partial charge on any atom is 0.232 e. The van der Waals surface area contributed by atoms with Gasteiger partial charge in [0.1, 0.15) is 11.5 Å². The van der Waals surface area contributed by atoms with Crippen LogP contribution in [0.1, 0.15) is 17.3 Å². The molecule has 4 heteroatoms. The van der Waals surface area contributed by atoms with Crippen LogP contribution in [0.15, 0.2) is 45.3 Å². The molecule has 3 nitrogen and oxygen atoms in total. The molecule has 102 valence electrons. The second-order valence-corrected chi connectivity index (χ2v) is 5.61. The summed E-state index contributed by atoms with van der Waals surface area (Å²) >= 11 is 3.47. The first-order valence-corrected chi connectivity index (χ1v) is 7.16. The van der Waals surface area contributed by atoms with Crippen molar-refractivity contribution in [3.63, 3.8) is 0 Å². The molecule has 1 heterocycles. The number of hydrogen-bond donors (Lipinski definition) is 0. The van der Waals surface area contributed by atoms with E-state index in [1.165, 1.54) is 5.39 Å². The number of aryl methyl sites for hydroxylation is 2. The molecule has 20 heavy (non-hydrogen) atoms. The van der Waals surface area contributed by atoms with Gasteiger partial charge in [0.15, 0.2) is 6.61 Å². The van der Waals surface area contributed by atoms with E-state index in [1.807, 2.05) is 38.1 Å². The van der Waals surface area contributed by atoms with Gasteiger partial charge in [0.05, 0.1) is 5.69 Å². The molecule has 0 radical (unpaired) electrons. The Morgan fingerprint density at radius 3 is 2.60 bits per heavy atom. The fourth-order valence-electron chi connectivity index (χ4n) is 2.03. The lowest BCUT2D eigenvalue weighted by Crippen LogP contribution is -1.95. The summed E-state index contributed by atoms with van der Waals surface area (Å²) < 4.78 is 12.3. The summed E-state index contributed by atoms with van der Waals surface area (Å²) in [4.78, 5) is 4.30. The predicted octanol–water partition coefficient (Wildman–Crippen LogP) is 4.79. The number of ether oxygens (including phenoxy) is 1. The van der Waals surface area contributed by atoms with Gasteiger partial charge in [0.2, 0.25) is 5.89 Å². The van der Waals surface area contributed by atoms with E-state index in [1.54, 1.807) is 0 Å². The molecule has 0 saturated heterocycles. The molecule has 0 atom stereocenters. The van der Waals surface area contributed by atoms with Gasteiger partial charge in [-0.15, -0.1) is 0 Å². The molecule has 0 aliphatic heterocycles. The van der Waals surface area contributed by atoms with Crippen LogP contribution in [0.25, 0.3) is 10.8 Å². The molecule has 0 unspecified atom stereocenters. The second-order valence-electron chi connectivity index (χ2n) is 4.69. The summed E-state index contributed by atoms with van der Waals surface area (Å²) in [6.45, 7) is 4.17. The highest BCUT2D eigenvalue weighted by Gasteiger charge is 2.06. The Bertz CT molecular complexity index is 745. The van der Waals surface area contributed by atoms with Crippen molar-refractivity contribution in [2.24, 2.45) is 0 Å². The number of aromatic nitrogens is 1. The zero-order chi connectivity index (χ0) is 14.1. The van der Waals surface area contributed by atoms with Gasteiger partial charge in [-0.3, -0.25) is 0 Å². The van der Waals surface area contributed by atoms with E-state index in [-0.39, 0.29) is 0 Å². The van der Waals surface area contributed by atoms with Crippen LogP contribution in [-0.4, -0.2) is 4.98 Å². The normalized spacial score (nSPS) is 10.9. The van der Waals surface area contributed by atoms with Gasteiger partial charge in [-0.2, -0.15) is 0 Å². The minimum Gasteiger partial charge on any atom is -0.484 e. The Hall–Kier alpha value is -1.81. The first kappa shape index (κ1) is 13.2. The van der Waals surface area contributed by atoms with E-state index in [2.05, 4.69) is 33.0 Å². The third-order valence-corrected chi connectivity index (χ3v) is 3.70. The number of nitrogens with zero attached hydrogens (tertiary/aromatic N) is 1. The highest BCUT2D eigenvalue weighted by Crippen LogP contribution is 2.24. The van der Waals surface area contributed by atoms with E-state index >= 15 is 0 Å². The van der Waals surface area contributed by atoms with Crippen molar-refractivity contribution in [2.45, 2.75) is 20.5 Å². The topological polar surface area (TPSA) is 35.3 Å². The van der Waals surface area contributed by atoms with Gasteiger partial charge in [-0.05, 0) is 48.9 Å². The van der Waals surface area contributed by atoms with Gasteiger partial charge in [-0.1, -0.05) is 28.1 Å². The summed E-state index contributed by atoms with van der Waals surface area (Å²) in [5, 5.41) is 2.32. The third-order valence-electron chi connectivity index (χ3n) is 3.21. The van der Waals surface area contributed by atoms with Gasteiger partial charge in [0.25, 0.3) is 0 Å². The van der Waals surface area contributed by atoms with Crippen LogP contribution in [-0.2, 0) is 6.61 Å². The Kier molecular flexibility index (Phi) is 3.49. The van der Waals surface area contributed by atoms with Crippen molar-refractivity contribution in [2.75, 3.05) is 0 Å². The molecule has 0 aliphatic carbocycles. The number of rotatable bonds is 3. The summed E-state index contributed by atoms with van der Waals surface area (Å²) in [5.41, 5.74) is 0.909. The average Bonchev–Trinajstić information content (AvgIpc) is 2.75. The maximum atomic E-state index is 5.73. The lowest BCUT2D eigenvalue weighted by molar-refractivity contribution is 0.260. The van der Waals surface area contributed by atoms with Crippen LogP contribution < -0.4 is 4.74 Å². The number of hydrogen-bond acceptors (Lipinski definition) is 3. The van der Waals surface area contributed by atoms with Gasteiger partial charge in [0, 0.05) is 4.47 Å². The predicted molar refractivity (Wildman–Crippen MR) is 82.0 cm³/mol. The Balaban J connectivity index is 1.79. The summed E-state index contributed by atoms with van der Waals surface area (Å²) in [6, 6.07) is 12.2. The van der Waals surface area contributed by atoms with Crippen LogP contribution in [0.5, 0.6) is 5.75 Å². The zero-order valence-corrected chi connectivity index (χ0v) is 12.9. The highest BCUT2D eigenvalue weighted by atomic mass is 79.9. The lowest BCUT2D eigenvalue weighted by atomic mass is 10.1. The molecule has 1 aromatic heterocycles. The van der Waals surface area contributed by atoms with Crippen LogP contribution in [0, 0.1) is 13.8 Å². The van der Waals surface area contributed by atoms with E-state index < -0.39 is 0 Å². The largest absolute Gasteiger partial charge is 0.484 e. The number of fused-ring (bicyclic) bond motifs is 1. The number of halogens is 1.